The number of hydrogen-bond donors (Lipinski definition) is 1. The molecule has 0 aromatic heterocycles. The van der Waals surface area contributed by atoms with Gasteiger partial charge in [-0.1, -0.05) is 0 Å². The Morgan fingerprint density at radius 1 is 1.14 bits per heavy atom. The molecule has 0 radical (unpaired) electrons. The van der Waals surface area contributed by atoms with Gasteiger partial charge in [0.05, 0.1) is 0 Å². The molecule has 0 spiro atoms. The molecule has 0 aromatic carbocycles. The van der Waals surface area contributed by atoms with Crippen LogP contribution < -0.4 is 24.3 Å². The Balaban J connectivity index is 5.39. The maximum absolute atomic E-state index is 11.6. The maximum atomic E-state index is 11.6. The van der Waals surface area contributed by atoms with Crippen molar-refractivity contribution in [3.8, 4) is 0 Å². The Morgan fingerprint density at radius 2 is 1.50 bits per heavy atom. The van der Waals surface area contributed by atoms with Crippen LogP contribution in [0.3, 0.4) is 0 Å². The van der Waals surface area contributed by atoms with E-state index in [1.54, 1.807) is 0 Å². The van der Waals surface area contributed by atoms with E-state index in [0.717, 1.165) is 0 Å². The summed E-state index contributed by atoms with van der Waals surface area (Å²) in [5, 5.41) is 10.3. The zero-order valence-corrected chi connectivity index (χ0v) is 9.54. The quantitative estimate of drug-likeness (QED) is 0.232. The minimum atomic E-state index is -6.49. The number of nitrogens with one attached hydrogen (secondary N) is 1. The second-order valence-electron chi connectivity index (χ2n) is 1.70. The normalized spacial score (nSPS) is 16.9. The molecular formula is CHF4INO5S2-. The average Bonchev–Trinajstić information content (AvgIpc) is 2.01. The van der Waals surface area contributed by atoms with E-state index in [-0.39, 0.29) is 0 Å². The third kappa shape index (κ3) is 2.65. The van der Waals surface area contributed by atoms with E-state index >= 15 is 0 Å². The van der Waals surface area contributed by atoms with E-state index < -0.39 is 47.0 Å². The number of hydrogen-bond acceptors (Lipinski definition) is 5. The molecule has 0 amide bonds. The SMILES string of the molecule is O=S(=O)([I-]F)[NH+]([O-])S(=O)(=O)C(F)(F)F. The molecule has 0 aliphatic heterocycles. The fourth-order valence-electron chi connectivity index (χ4n) is 0.249. The van der Waals surface area contributed by atoms with Gasteiger partial charge in [0, 0.05) is 0 Å². The van der Waals surface area contributed by atoms with Gasteiger partial charge in [-0.2, -0.15) is 0 Å². The van der Waals surface area contributed by atoms with Gasteiger partial charge in [-0.15, -0.1) is 0 Å². The fraction of sp³-hybridized carbons (Fsp3) is 1.00. The monoisotopic (exact) mass is 374 g/mol. The fourth-order valence-corrected chi connectivity index (χ4v) is 4.83. The Hall–Kier alpha value is 0.270. The second-order valence-corrected chi connectivity index (χ2v) is 9.63. The van der Waals surface area contributed by atoms with Crippen molar-refractivity contribution < 1.29 is 57.1 Å². The zero-order valence-electron chi connectivity index (χ0n) is 5.75. The van der Waals surface area contributed by atoms with Crippen LogP contribution in [0.5, 0.6) is 0 Å². The molecule has 0 saturated heterocycles. The summed E-state index contributed by atoms with van der Waals surface area (Å²) >= 11 is -3.45. The Bertz CT molecular complexity index is 396. The van der Waals surface area contributed by atoms with E-state index in [4.69, 9.17) is 0 Å². The van der Waals surface area contributed by atoms with Crippen molar-refractivity contribution in [3.05, 3.63) is 5.21 Å². The van der Waals surface area contributed by atoms with Gasteiger partial charge in [0.2, 0.25) is 0 Å². The standard InChI is InChI=1S/CHF4INO5S2/c2-1(3,4)13(9,10)7(8)14(11,12)6-5/h7H/q-1. The minimum absolute atomic E-state index is 3.13. The van der Waals surface area contributed by atoms with E-state index in [0.29, 0.717) is 0 Å². The number of quaternary nitrogens is 1. The molecular weight excluding hydrogens is 373 g/mol. The summed E-state index contributed by atoms with van der Waals surface area (Å²) in [5.41, 5.74) is -6.03. The molecule has 0 heterocycles. The average molecular weight is 374 g/mol. The first kappa shape index (κ1) is 14.3. The van der Waals surface area contributed by atoms with Crippen LogP contribution >= 0.6 is 0 Å². The molecule has 0 bridgehead atoms. The van der Waals surface area contributed by atoms with Crippen LogP contribution in [0.1, 0.15) is 0 Å². The molecule has 0 saturated carbocycles. The number of halogens is 5. The molecule has 6 nitrogen and oxygen atoms in total. The Morgan fingerprint density at radius 3 is 1.71 bits per heavy atom. The molecule has 0 aliphatic rings. The molecule has 1 atom stereocenters. The summed E-state index contributed by atoms with van der Waals surface area (Å²) in [4.78, 5) is 0. The van der Waals surface area contributed by atoms with Crippen LogP contribution in [0.2, 0.25) is 0 Å². The summed E-state index contributed by atoms with van der Waals surface area (Å²) < 4.78 is 84.0. The van der Waals surface area contributed by atoms with Crippen molar-refractivity contribution in [2.75, 3.05) is 0 Å². The molecule has 88 valence electrons. The first-order chi connectivity index (χ1) is 5.97. The summed E-state index contributed by atoms with van der Waals surface area (Å²) in [6.07, 6.45) is 0. The van der Waals surface area contributed by atoms with E-state index in [9.17, 15) is 38.1 Å². The van der Waals surface area contributed by atoms with Crippen LogP contribution in [0, 0.1) is 5.21 Å². The molecule has 0 rings (SSSR count). The number of rotatable bonds is 3. The van der Waals surface area contributed by atoms with Crippen LogP contribution in [0.25, 0.3) is 0 Å². The van der Waals surface area contributed by atoms with Gasteiger partial charge >= 0.3 is 85.1 Å². The van der Waals surface area contributed by atoms with Crippen LogP contribution in [-0.2, 0) is 17.2 Å². The molecule has 1 unspecified atom stereocenters. The Kier molecular flexibility index (Phi) is 4.11. The van der Waals surface area contributed by atoms with E-state index in [2.05, 4.69) is 0 Å². The number of sulfonamides is 1. The predicted molar refractivity (Wildman–Crippen MR) is 29.3 cm³/mol. The molecule has 0 fully saturated rings. The molecule has 13 heteroatoms. The Labute approximate surface area is 85.0 Å². The summed E-state index contributed by atoms with van der Waals surface area (Å²) in [6, 6.07) is 0. The van der Waals surface area contributed by atoms with Gasteiger partial charge in [0.25, 0.3) is 0 Å². The third-order valence-corrected chi connectivity index (χ3v) is 7.13. The van der Waals surface area contributed by atoms with Gasteiger partial charge in [-0.05, 0) is 0 Å². The van der Waals surface area contributed by atoms with Crippen molar-refractivity contribution in [3.63, 3.8) is 0 Å². The van der Waals surface area contributed by atoms with Gasteiger partial charge in [-0.25, -0.2) is 0 Å². The zero-order chi connectivity index (χ0) is 11.8. The van der Waals surface area contributed by atoms with Crippen molar-refractivity contribution in [1.82, 2.24) is 0 Å². The summed E-state index contributed by atoms with van der Waals surface area (Å²) in [5.74, 6) is 0. The van der Waals surface area contributed by atoms with E-state index in [1.807, 2.05) is 0 Å². The van der Waals surface area contributed by atoms with Crippen molar-refractivity contribution in [2.45, 2.75) is 5.51 Å². The van der Waals surface area contributed by atoms with Crippen molar-refractivity contribution >= 4 is 17.2 Å². The molecule has 14 heavy (non-hydrogen) atoms. The first-order valence-corrected chi connectivity index (χ1v) is 8.67. The van der Waals surface area contributed by atoms with Gasteiger partial charge in [0.15, 0.2) is 0 Å². The van der Waals surface area contributed by atoms with Crippen LogP contribution in [0.15, 0.2) is 0 Å². The van der Waals surface area contributed by atoms with Crippen molar-refractivity contribution in [2.24, 2.45) is 0 Å². The third-order valence-electron chi connectivity index (χ3n) is 0.800. The first-order valence-electron chi connectivity index (χ1n) is 2.35. The second kappa shape index (κ2) is 4.03. The summed E-state index contributed by atoms with van der Waals surface area (Å²) in [6.45, 7) is 0. The predicted octanol–water partition coefficient (Wildman–Crippen LogP) is -4.56. The molecule has 0 aromatic rings. The van der Waals surface area contributed by atoms with E-state index in [1.165, 1.54) is 0 Å². The molecule has 1 N–H and O–H groups in total. The summed E-state index contributed by atoms with van der Waals surface area (Å²) in [7, 11) is -11.9. The van der Waals surface area contributed by atoms with Gasteiger partial charge < -0.3 is 0 Å². The number of alkyl halides is 3. The van der Waals surface area contributed by atoms with Gasteiger partial charge in [-0.3, -0.25) is 0 Å². The van der Waals surface area contributed by atoms with Crippen LogP contribution in [0.4, 0.5) is 16.0 Å². The van der Waals surface area contributed by atoms with Gasteiger partial charge in [0.1, 0.15) is 0 Å². The van der Waals surface area contributed by atoms with Crippen molar-refractivity contribution in [1.29, 1.82) is 0 Å². The van der Waals surface area contributed by atoms with Crippen LogP contribution in [-0.4, -0.2) is 22.3 Å². The molecule has 0 aliphatic carbocycles. The topological polar surface area (TPSA) is 95.8 Å².